The monoisotopic (exact) mass is 277 g/mol. The van der Waals surface area contributed by atoms with E-state index in [9.17, 15) is 14.4 Å². The SMILES string of the molecule is NC(=O)C=Cc1ccc2c(c1)-c1ccccc1C(=O)C2=O. The van der Waals surface area contributed by atoms with Crippen LogP contribution in [0.5, 0.6) is 0 Å². The van der Waals surface area contributed by atoms with E-state index in [1.165, 1.54) is 6.08 Å². The number of benzene rings is 2. The fourth-order valence-corrected chi connectivity index (χ4v) is 2.43. The first-order valence-corrected chi connectivity index (χ1v) is 6.38. The largest absolute Gasteiger partial charge is 0.366 e. The molecular formula is C17H11NO3. The van der Waals surface area contributed by atoms with Crippen LogP contribution < -0.4 is 5.73 Å². The number of ketones is 2. The van der Waals surface area contributed by atoms with Crippen LogP contribution in [-0.2, 0) is 4.79 Å². The van der Waals surface area contributed by atoms with Crippen LogP contribution in [0, 0.1) is 0 Å². The Kier molecular flexibility index (Phi) is 2.99. The summed E-state index contributed by atoms with van der Waals surface area (Å²) in [5.74, 6) is -1.54. The second kappa shape index (κ2) is 4.83. The van der Waals surface area contributed by atoms with Crippen molar-refractivity contribution in [3.05, 3.63) is 65.2 Å². The summed E-state index contributed by atoms with van der Waals surface area (Å²) in [6.07, 6.45) is 2.83. The average molecular weight is 277 g/mol. The third-order valence-electron chi connectivity index (χ3n) is 3.40. The zero-order valence-electron chi connectivity index (χ0n) is 11.0. The number of carbonyl (C=O) groups excluding carboxylic acids is 3. The zero-order chi connectivity index (χ0) is 15.0. The maximum absolute atomic E-state index is 12.1. The average Bonchev–Trinajstić information content (AvgIpc) is 2.50. The molecule has 0 fully saturated rings. The molecule has 0 unspecified atom stereocenters. The summed E-state index contributed by atoms with van der Waals surface area (Å²) in [7, 11) is 0. The van der Waals surface area contributed by atoms with E-state index < -0.39 is 17.5 Å². The minimum absolute atomic E-state index is 0.384. The number of amides is 1. The van der Waals surface area contributed by atoms with E-state index in [4.69, 9.17) is 5.73 Å². The Bertz CT molecular complexity index is 819. The zero-order valence-corrected chi connectivity index (χ0v) is 11.0. The van der Waals surface area contributed by atoms with E-state index in [1.54, 1.807) is 42.5 Å². The van der Waals surface area contributed by atoms with E-state index in [-0.39, 0.29) is 0 Å². The molecule has 0 radical (unpaired) electrons. The van der Waals surface area contributed by atoms with Gasteiger partial charge in [0.15, 0.2) is 0 Å². The van der Waals surface area contributed by atoms with E-state index in [0.29, 0.717) is 16.7 Å². The van der Waals surface area contributed by atoms with Gasteiger partial charge in [0.25, 0.3) is 0 Å². The van der Waals surface area contributed by atoms with Gasteiger partial charge in [-0.05, 0) is 34.9 Å². The molecule has 0 heterocycles. The van der Waals surface area contributed by atoms with Crippen LogP contribution in [-0.4, -0.2) is 17.5 Å². The summed E-state index contributed by atoms with van der Waals surface area (Å²) >= 11 is 0. The van der Waals surface area contributed by atoms with Crippen LogP contribution in [0.4, 0.5) is 0 Å². The van der Waals surface area contributed by atoms with Gasteiger partial charge in [-0.15, -0.1) is 0 Å². The number of rotatable bonds is 2. The lowest BCUT2D eigenvalue weighted by molar-refractivity contribution is -0.113. The molecule has 0 saturated heterocycles. The van der Waals surface area contributed by atoms with Crippen LogP contribution in [0.3, 0.4) is 0 Å². The van der Waals surface area contributed by atoms with E-state index in [2.05, 4.69) is 0 Å². The molecule has 102 valence electrons. The number of nitrogens with two attached hydrogens (primary N) is 1. The Balaban J connectivity index is 2.20. The molecule has 0 spiro atoms. The molecule has 0 aromatic heterocycles. The first-order chi connectivity index (χ1) is 10.1. The molecule has 0 aliphatic heterocycles. The van der Waals surface area contributed by atoms with Gasteiger partial charge in [-0.2, -0.15) is 0 Å². The molecule has 4 heteroatoms. The molecule has 2 aromatic carbocycles. The third-order valence-corrected chi connectivity index (χ3v) is 3.40. The highest BCUT2D eigenvalue weighted by Gasteiger charge is 2.29. The van der Waals surface area contributed by atoms with Gasteiger partial charge < -0.3 is 5.73 Å². The number of hydrogen-bond acceptors (Lipinski definition) is 3. The Hall–Kier alpha value is -3.01. The number of Topliss-reactive ketones (excluding diaryl/α,β-unsaturated/α-hetero) is 2. The van der Waals surface area contributed by atoms with Gasteiger partial charge in [0.05, 0.1) is 0 Å². The highest BCUT2D eigenvalue weighted by Crippen LogP contribution is 2.34. The molecule has 2 aromatic rings. The van der Waals surface area contributed by atoms with Crippen molar-refractivity contribution in [1.82, 2.24) is 0 Å². The second-order valence-corrected chi connectivity index (χ2v) is 4.74. The first kappa shape index (κ1) is 13.0. The third kappa shape index (κ3) is 2.17. The van der Waals surface area contributed by atoms with Crippen LogP contribution >= 0.6 is 0 Å². The maximum Gasteiger partial charge on any atom is 0.241 e. The van der Waals surface area contributed by atoms with Crippen LogP contribution in [0.1, 0.15) is 26.3 Å². The quantitative estimate of drug-likeness (QED) is 0.675. The smallest absolute Gasteiger partial charge is 0.241 e. The number of hydrogen-bond donors (Lipinski definition) is 1. The van der Waals surface area contributed by atoms with Crippen molar-refractivity contribution in [3.8, 4) is 11.1 Å². The molecule has 1 aliphatic rings. The van der Waals surface area contributed by atoms with Gasteiger partial charge in [0.1, 0.15) is 0 Å². The molecular weight excluding hydrogens is 266 g/mol. The fourth-order valence-electron chi connectivity index (χ4n) is 2.43. The van der Waals surface area contributed by atoms with Gasteiger partial charge in [0, 0.05) is 17.2 Å². The standard InChI is InChI=1S/C17H11NO3/c18-15(19)8-6-10-5-7-13-14(9-10)11-3-1-2-4-12(11)16(20)17(13)21/h1-9H,(H2,18,19). The molecule has 0 bridgehead atoms. The van der Waals surface area contributed by atoms with Crippen LogP contribution in [0.2, 0.25) is 0 Å². The van der Waals surface area contributed by atoms with Gasteiger partial charge in [-0.25, -0.2) is 0 Å². The number of primary amides is 1. The predicted molar refractivity (Wildman–Crippen MR) is 78.8 cm³/mol. The summed E-state index contributed by atoms with van der Waals surface area (Å²) in [5.41, 5.74) is 8.03. The van der Waals surface area contributed by atoms with E-state index in [0.717, 1.165) is 11.1 Å². The summed E-state index contributed by atoms with van der Waals surface area (Å²) in [4.78, 5) is 35.0. The summed E-state index contributed by atoms with van der Waals surface area (Å²) in [6.45, 7) is 0. The minimum atomic E-state index is -0.542. The predicted octanol–water partition coefficient (Wildman–Crippen LogP) is 2.23. The maximum atomic E-state index is 12.1. The van der Waals surface area contributed by atoms with Gasteiger partial charge >= 0.3 is 0 Å². The van der Waals surface area contributed by atoms with Crippen molar-refractivity contribution in [1.29, 1.82) is 0 Å². The van der Waals surface area contributed by atoms with Crippen LogP contribution in [0.25, 0.3) is 17.2 Å². The minimum Gasteiger partial charge on any atom is -0.366 e. The molecule has 0 saturated carbocycles. The lowest BCUT2D eigenvalue weighted by Crippen LogP contribution is -2.21. The summed E-state index contributed by atoms with van der Waals surface area (Å²) < 4.78 is 0. The van der Waals surface area contributed by atoms with E-state index in [1.807, 2.05) is 6.07 Å². The topological polar surface area (TPSA) is 77.2 Å². The Morgan fingerprint density at radius 2 is 1.48 bits per heavy atom. The molecule has 1 aliphatic carbocycles. The lowest BCUT2D eigenvalue weighted by atomic mass is 9.83. The van der Waals surface area contributed by atoms with Crippen molar-refractivity contribution in [2.24, 2.45) is 5.73 Å². The summed E-state index contributed by atoms with van der Waals surface area (Å²) in [6, 6.07) is 12.1. The molecule has 4 nitrogen and oxygen atoms in total. The molecule has 21 heavy (non-hydrogen) atoms. The van der Waals surface area contributed by atoms with Crippen LogP contribution in [0.15, 0.2) is 48.5 Å². The van der Waals surface area contributed by atoms with Gasteiger partial charge in [-0.3, -0.25) is 14.4 Å². The highest BCUT2D eigenvalue weighted by molar-refractivity contribution is 6.53. The Morgan fingerprint density at radius 3 is 2.14 bits per heavy atom. The van der Waals surface area contributed by atoms with Crippen molar-refractivity contribution in [3.63, 3.8) is 0 Å². The molecule has 2 N–H and O–H groups in total. The highest BCUT2D eigenvalue weighted by atomic mass is 16.2. The van der Waals surface area contributed by atoms with Crippen molar-refractivity contribution in [2.45, 2.75) is 0 Å². The fraction of sp³-hybridized carbons (Fsp3) is 0. The Labute approximate surface area is 120 Å². The Morgan fingerprint density at radius 1 is 0.857 bits per heavy atom. The number of fused-ring (bicyclic) bond motifs is 3. The van der Waals surface area contributed by atoms with Crippen molar-refractivity contribution >= 4 is 23.5 Å². The lowest BCUT2D eigenvalue weighted by Gasteiger charge is -2.18. The first-order valence-electron chi connectivity index (χ1n) is 6.38. The van der Waals surface area contributed by atoms with Crippen molar-refractivity contribution < 1.29 is 14.4 Å². The second-order valence-electron chi connectivity index (χ2n) is 4.74. The number of carbonyl (C=O) groups is 3. The van der Waals surface area contributed by atoms with E-state index >= 15 is 0 Å². The van der Waals surface area contributed by atoms with Crippen molar-refractivity contribution in [2.75, 3.05) is 0 Å². The summed E-state index contributed by atoms with van der Waals surface area (Å²) in [5, 5.41) is 0. The van der Waals surface area contributed by atoms with Gasteiger partial charge in [-0.1, -0.05) is 30.3 Å². The molecule has 3 rings (SSSR count). The normalized spacial score (nSPS) is 13.1. The molecule has 0 atom stereocenters. The molecule has 1 amide bonds. The van der Waals surface area contributed by atoms with Gasteiger partial charge in [0.2, 0.25) is 17.5 Å².